The van der Waals surface area contributed by atoms with Gasteiger partial charge in [-0.25, -0.2) is 4.79 Å². The van der Waals surface area contributed by atoms with E-state index >= 15 is 0 Å². The Balaban J connectivity index is 1.88. The monoisotopic (exact) mass is 258 g/mol. The van der Waals surface area contributed by atoms with Crippen LogP contribution in [0.5, 0.6) is 0 Å². The molecule has 0 aliphatic carbocycles. The second-order valence-corrected chi connectivity index (χ2v) is 4.55. The van der Waals surface area contributed by atoms with Crippen LogP contribution in [0.15, 0.2) is 0 Å². The molecule has 0 saturated carbocycles. The van der Waals surface area contributed by atoms with Gasteiger partial charge in [-0.1, -0.05) is 0 Å². The van der Waals surface area contributed by atoms with Crippen LogP contribution in [0.3, 0.4) is 0 Å². The molecule has 1 fully saturated rings. The second-order valence-electron chi connectivity index (χ2n) is 4.55. The Morgan fingerprint density at radius 1 is 1.22 bits per heavy atom. The third-order valence-electron chi connectivity index (χ3n) is 2.97. The number of carboxylic acids is 1. The van der Waals surface area contributed by atoms with E-state index in [-0.39, 0.29) is 12.5 Å². The number of aliphatic carboxylic acids is 1. The van der Waals surface area contributed by atoms with E-state index in [4.69, 9.17) is 9.84 Å². The van der Waals surface area contributed by atoms with E-state index in [2.05, 4.69) is 10.6 Å². The predicted octanol–water partition coefficient (Wildman–Crippen LogP) is 0.967. The van der Waals surface area contributed by atoms with Gasteiger partial charge < -0.3 is 20.5 Å². The van der Waals surface area contributed by atoms with Crippen LogP contribution in [0.25, 0.3) is 0 Å². The van der Waals surface area contributed by atoms with Crippen LogP contribution in [0.4, 0.5) is 4.79 Å². The van der Waals surface area contributed by atoms with Crippen LogP contribution in [0.1, 0.15) is 32.1 Å². The molecule has 1 aliphatic rings. The topological polar surface area (TPSA) is 87.7 Å². The van der Waals surface area contributed by atoms with Crippen molar-refractivity contribution in [3.63, 3.8) is 0 Å². The highest BCUT2D eigenvalue weighted by atomic mass is 16.5. The van der Waals surface area contributed by atoms with Crippen LogP contribution in [0, 0.1) is 5.92 Å². The van der Waals surface area contributed by atoms with Crippen LogP contribution in [0.2, 0.25) is 0 Å². The lowest BCUT2D eigenvalue weighted by atomic mass is 10.1. The summed E-state index contributed by atoms with van der Waals surface area (Å²) in [4.78, 5) is 21.6. The average molecular weight is 258 g/mol. The first-order valence-corrected chi connectivity index (χ1v) is 6.49. The molecule has 6 nitrogen and oxygen atoms in total. The number of hydrogen-bond donors (Lipinski definition) is 3. The molecule has 1 saturated heterocycles. The van der Waals surface area contributed by atoms with E-state index in [1.165, 1.54) is 0 Å². The first-order valence-electron chi connectivity index (χ1n) is 6.49. The summed E-state index contributed by atoms with van der Waals surface area (Å²) in [7, 11) is 0. The predicted molar refractivity (Wildman–Crippen MR) is 66.4 cm³/mol. The van der Waals surface area contributed by atoms with Crippen molar-refractivity contribution in [2.45, 2.75) is 32.1 Å². The maximum Gasteiger partial charge on any atom is 0.314 e. The zero-order valence-corrected chi connectivity index (χ0v) is 10.6. The minimum absolute atomic E-state index is 0.158. The summed E-state index contributed by atoms with van der Waals surface area (Å²) >= 11 is 0. The molecule has 18 heavy (non-hydrogen) atoms. The maximum absolute atomic E-state index is 11.3. The summed E-state index contributed by atoms with van der Waals surface area (Å²) in [5.41, 5.74) is 0. The molecule has 1 heterocycles. The van der Waals surface area contributed by atoms with Crippen molar-refractivity contribution in [1.82, 2.24) is 10.6 Å². The minimum Gasteiger partial charge on any atom is -0.481 e. The van der Waals surface area contributed by atoms with Gasteiger partial charge in [0.2, 0.25) is 0 Å². The number of carboxylic acid groups (broad SMARTS) is 1. The average Bonchev–Trinajstić information content (AvgIpc) is 2.81. The number of urea groups is 1. The third-order valence-corrected chi connectivity index (χ3v) is 2.97. The molecule has 2 amide bonds. The van der Waals surface area contributed by atoms with E-state index < -0.39 is 5.97 Å². The molecule has 1 aliphatic heterocycles. The molecule has 0 bridgehead atoms. The summed E-state index contributed by atoms with van der Waals surface area (Å²) in [6, 6.07) is -0.177. The molecule has 1 rings (SSSR count). The van der Waals surface area contributed by atoms with Crippen molar-refractivity contribution in [2.75, 3.05) is 26.3 Å². The van der Waals surface area contributed by atoms with E-state index in [0.717, 1.165) is 26.1 Å². The van der Waals surface area contributed by atoms with Crippen LogP contribution in [-0.2, 0) is 9.53 Å². The summed E-state index contributed by atoms with van der Waals surface area (Å²) in [5.74, 6) is -0.223. The fourth-order valence-corrected chi connectivity index (χ4v) is 1.87. The lowest BCUT2D eigenvalue weighted by Crippen LogP contribution is -2.37. The van der Waals surface area contributed by atoms with Gasteiger partial charge in [-0.3, -0.25) is 4.79 Å². The SMILES string of the molecule is O=C(O)CCCCNC(=O)NCCC1CCOC1. The normalized spacial score (nSPS) is 18.6. The van der Waals surface area contributed by atoms with Crippen LogP contribution < -0.4 is 10.6 Å². The van der Waals surface area contributed by atoms with Crippen molar-refractivity contribution in [3.05, 3.63) is 0 Å². The molecule has 3 N–H and O–H groups in total. The fraction of sp³-hybridized carbons (Fsp3) is 0.833. The van der Waals surface area contributed by atoms with Crippen LogP contribution in [-0.4, -0.2) is 43.4 Å². The molecule has 0 radical (unpaired) electrons. The molecule has 0 aromatic rings. The maximum atomic E-state index is 11.3. The van der Waals surface area contributed by atoms with E-state index in [1.54, 1.807) is 0 Å². The number of ether oxygens (including phenoxy) is 1. The summed E-state index contributed by atoms with van der Waals surface area (Å²) < 4.78 is 5.25. The van der Waals surface area contributed by atoms with Gasteiger partial charge in [0.1, 0.15) is 0 Å². The fourth-order valence-electron chi connectivity index (χ4n) is 1.87. The van der Waals surface area contributed by atoms with Crippen molar-refractivity contribution < 1.29 is 19.4 Å². The van der Waals surface area contributed by atoms with E-state index in [9.17, 15) is 9.59 Å². The zero-order chi connectivity index (χ0) is 13.2. The first kappa shape index (κ1) is 14.8. The van der Waals surface area contributed by atoms with Crippen molar-refractivity contribution in [3.8, 4) is 0 Å². The Labute approximate surface area is 107 Å². The Kier molecular flexibility index (Phi) is 7.17. The minimum atomic E-state index is -0.793. The molecular weight excluding hydrogens is 236 g/mol. The standard InChI is InChI=1S/C12H22N2O4/c15-11(16)3-1-2-6-13-12(17)14-7-4-10-5-8-18-9-10/h10H,1-9H2,(H,15,16)(H2,13,14,17). The van der Waals surface area contributed by atoms with Crippen molar-refractivity contribution in [1.29, 1.82) is 0 Å². The second kappa shape index (κ2) is 8.74. The van der Waals surface area contributed by atoms with Gasteiger partial charge in [-0.05, 0) is 31.6 Å². The molecule has 0 aromatic heterocycles. The number of carbonyl (C=O) groups excluding carboxylic acids is 1. The first-order chi connectivity index (χ1) is 8.68. The van der Waals surface area contributed by atoms with Crippen molar-refractivity contribution in [2.24, 2.45) is 5.92 Å². The number of unbranched alkanes of at least 4 members (excludes halogenated alkanes) is 1. The summed E-state index contributed by atoms with van der Waals surface area (Å²) in [6.45, 7) is 2.82. The lowest BCUT2D eigenvalue weighted by Gasteiger charge is -2.09. The summed E-state index contributed by atoms with van der Waals surface area (Å²) in [5, 5.41) is 13.9. The van der Waals surface area contributed by atoms with Gasteiger partial charge in [-0.2, -0.15) is 0 Å². The molecule has 6 heteroatoms. The van der Waals surface area contributed by atoms with Gasteiger partial charge in [0.25, 0.3) is 0 Å². The van der Waals surface area contributed by atoms with E-state index in [0.29, 0.717) is 31.8 Å². The van der Waals surface area contributed by atoms with Gasteiger partial charge in [0.05, 0.1) is 0 Å². The summed E-state index contributed by atoms with van der Waals surface area (Å²) in [6.07, 6.45) is 3.47. The highest BCUT2D eigenvalue weighted by Gasteiger charge is 2.15. The zero-order valence-electron chi connectivity index (χ0n) is 10.6. The number of carbonyl (C=O) groups is 2. The van der Waals surface area contributed by atoms with Gasteiger partial charge in [0, 0.05) is 32.7 Å². The molecule has 0 aromatic carbocycles. The Morgan fingerprint density at radius 3 is 2.67 bits per heavy atom. The number of hydrogen-bond acceptors (Lipinski definition) is 3. The molecule has 1 atom stereocenters. The lowest BCUT2D eigenvalue weighted by molar-refractivity contribution is -0.137. The smallest absolute Gasteiger partial charge is 0.314 e. The Bertz CT molecular complexity index is 265. The highest BCUT2D eigenvalue weighted by molar-refractivity contribution is 5.73. The number of rotatable bonds is 8. The Morgan fingerprint density at radius 2 is 2.00 bits per heavy atom. The number of amides is 2. The third kappa shape index (κ3) is 7.11. The van der Waals surface area contributed by atoms with Gasteiger partial charge in [0.15, 0.2) is 0 Å². The largest absolute Gasteiger partial charge is 0.481 e. The Hall–Kier alpha value is -1.30. The van der Waals surface area contributed by atoms with Gasteiger partial charge in [-0.15, -0.1) is 0 Å². The van der Waals surface area contributed by atoms with Crippen molar-refractivity contribution >= 4 is 12.0 Å². The quantitative estimate of drug-likeness (QED) is 0.566. The number of nitrogens with one attached hydrogen (secondary N) is 2. The van der Waals surface area contributed by atoms with E-state index in [1.807, 2.05) is 0 Å². The molecule has 0 spiro atoms. The molecule has 104 valence electrons. The molecular formula is C12H22N2O4. The van der Waals surface area contributed by atoms with Gasteiger partial charge >= 0.3 is 12.0 Å². The highest BCUT2D eigenvalue weighted by Crippen LogP contribution is 2.14. The van der Waals surface area contributed by atoms with Crippen LogP contribution >= 0.6 is 0 Å². The molecule has 1 unspecified atom stereocenters.